The van der Waals surface area contributed by atoms with E-state index < -0.39 is 0 Å². The first-order valence-corrected chi connectivity index (χ1v) is 7.69. The smallest absolute Gasteiger partial charge is 0.225 e. The summed E-state index contributed by atoms with van der Waals surface area (Å²) in [5.41, 5.74) is 5.61. The van der Waals surface area contributed by atoms with Gasteiger partial charge in [-0.25, -0.2) is 0 Å². The minimum atomic E-state index is 0.296. The summed E-state index contributed by atoms with van der Waals surface area (Å²) in [6, 6.07) is 0.527. The van der Waals surface area contributed by atoms with Gasteiger partial charge in [0.05, 0.1) is 0 Å². The Balaban J connectivity index is 1.79. The first kappa shape index (κ1) is 13.9. The van der Waals surface area contributed by atoms with Gasteiger partial charge in [0.2, 0.25) is 5.91 Å². The van der Waals surface area contributed by atoms with Crippen molar-refractivity contribution in [3.63, 3.8) is 0 Å². The molecular weight excluding hydrogens is 224 g/mol. The van der Waals surface area contributed by atoms with E-state index in [9.17, 15) is 4.79 Å². The third kappa shape index (κ3) is 3.25. The molecule has 2 aliphatic carbocycles. The summed E-state index contributed by atoms with van der Waals surface area (Å²) in [5.74, 6) is 1.48. The summed E-state index contributed by atoms with van der Waals surface area (Å²) < 4.78 is 0. The van der Waals surface area contributed by atoms with Crippen LogP contribution in [0.4, 0.5) is 0 Å². The summed E-state index contributed by atoms with van der Waals surface area (Å²) in [6.07, 6.45) is 10.7. The standard InChI is InChI=1S/C15H28N2O/c1-17(14-4-2-3-5-14)15(18)13-8-6-12(7-9-13)10-11-16/h12-14H,2-11,16H2,1H3. The maximum absolute atomic E-state index is 12.5. The minimum Gasteiger partial charge on any atom is -0.343 e. The number of nitrogens with zero attached hydrogens (tertiary/aromatic N) is 1. The van der Waals surface area contributed by atoms with Gasteiger partial charge in [0.15, 0.2) is 0 Å². The highest BCUT2D eigenvalue weighted by molar-refractivity contribution is 5.79. The predicted molar refractivity (Wildman–Crippen MR) is 74.1 cm³/mol. The van der Waals surface area contributed by atoms with Crippen LogP contribution in [-0.4, -0.2) is 30.4 Å². The fourth-order valence-corrected chi connectivity index (χ4v) is 3.69. The topological polar surface area (TPSA) is 46.3 Å². The lowest BCUT2D eigenvalue weighted by Crippen LogP contribution is -2.40. The molecule has 2 N–H and O–H groups in total. The van der Waals surface area contributed by atoms with Crippen LogP contribution in [0.5, 0.6) is 0 Å². The zero-order valence-corrected chi connectivity index (χ0v) is 11.7. The van der Waals surface area contributed by atoms with Crippen molar-refractivity contribution in [3.05, 3.63) is 0 Å². The molecule has 0 aromatic rings. The molecule has 0 unspecified atom stereocenters. The summed E-state index contributed by atoms with van der Waals surface area (Å²) in [5, 5.41) is 0. The van der Waals surface area contributed by atoms with Crippen molar-refractivity contribution in [1.29, 1.82) is 0 Å². The Bertz CT molecular complexity index is 266. The van der Waals surface area contributed by atoms with E-state index in [0.717, 1.165) is 31.7 Å². The van der Waals surface area contributed by atoms with Crippen LogP contribution in [0, 0.1) is 11.8 Å². The van der Waals surface area contributed by atoms with Crippen LogP contribution in [0.2, 0.25) is 0 Å². The SMILES string of the molecule is CN(C(=O)C1CCC(CCN)CC1)C1CCCC1. The minimum absolute atomic E-state index is 0.296. The first-order valence-electron chi connectivity index (χ1n) is 7.69. The monoisotopic (exact) mass is 252 g/mol. The zero-order chi connectivity index (χ0) is 13.0. The molecule has 3 heteroatoms. The summed E-state index contributed by atoms with van der Waals surface area (Å²) >= 11 is 0. The van der Waals surface area contributed by atoms with Crippen LogP contribution < -0.4 is 5.73 Å². The van der Waals surface area contributed by atoms with Crippen molar-refractivity contribution in [2.75, 3.05) is 13.6 Å². The summed E-state index contributed by atoms with van der Waals surface area (Å²) in [6.45, 7) is 0.797. The molecule has 0 aliphatic heterocycles. The second-order valence-electron chi connectivity index (χ2n) is 6.18. The van der Waals surface area contributed by atoms with Gasteiger partial charge < -0.3 is 10.6 Å². The molecule has 0 radical (unpaired) electrons. The molecule has 2 fully saturated rings. The van der Waals surface area contributed by atoms with Crippen LogP contribution in [0.3, 0.4) is 0 Å². The molecule has 0 aromatic heterocycles. The van der Waals surface area contributed by atoms with Gasteiger partial charge in [0.1, 0.15) is 0 Å². The lowest BCUT2D eigenvalue weighted by molar-refractivity contribution is -0.137. The maximum atomic E-state index is 12.5. The predicted octanol–water partition coefficient (Wildman–Crippen LogP) is 2.54. The van der Waals surface area contributed by atoms with E-state index in [4.69, 9.17) is 5.73 Å². The fraction of sp³-hybridized carbons (Fsp3) is 0.933. The van der Waals surface area contributed by atoms with Crippen molar-refractivity contribution >= 4 is 5.91 Å². The molecule has 0 saturated heterocycles. The number of amides is 1. The van der Waals surface area contributed by atoms with E-state index in [2.05, 4.69) is 4.90 Å². The molecule has 2 rings (SSSR count). The molecule has 0 bridgehead atoms. The quantitative estimate of drug-likeness (QED) is 0.835. The van der Waals surface area contributed by atoms with Gasteiger partial charge in [-0.3, -0.25) is 4.79 Å². The summed E-state index contributed by atoms with van der Waals surface area (Å²) in [7, 11) is 2.02. The molecular formula is C15H28N2O. The molecule has 0 atom stereocenters. The average molecular weight is 252 g/mol. The van der Waals surface area contributed by atoms with Crippen molar-refractivity contribution in [3.8, 4) is 0 Å². The second-order valence-corrected chi connectivity index (χ2v) is 6.18. The Morgan fingerprint density at radius 3 is 2.28 bits per heavy atom. The van der Waals surface area contributed by atoms with Crippen molar-refractivity contribution in [2.45, 2.75) is 63.8 Å². The van der Waals surface area contributed by atoms with E-state index in [1.165, 1.54) is 38.5 Å². The molecule has 0 aromatic carbocycles. The van der Waals surface area contributed by atoms with Crippen LogP contribution in [0.25, 0.3) is 0 Å². The van der Waals surface area contributed by atoms with E-state index in [0.29, 0.717) is 17.9 Å². The van der Waals surface area contributed by atoms with Gasteiger partial charge in [0, 0.05) is 19.0 Å². The molecule has 18 heavy (non-hydrogen) atoms. The Morgan fingerprint density at radius 2 is 1.72 bits per heavy atom. The van der Waals surface area contributed by atoms with Crippen LogP contribution in [0.15, 0.2) is 0 Å². The number of nitrogens with two attached hydrogens (primary N) is 1. The second kappa shape index (κ2) is 6.55. The van der Waals surface area contributed by atoms with Gasteiger partial charge in [-0.15, -0.1) is 0 Å². The largest absolute Gasteiger partial charge is 0.343 e. The van der Waals surface area contributed by atoms with Gasteiger partial charge >= 0.3 is 0 Å². The van der Waals surface area contributed by atoms with Crippen LogP contribution in [-0.2, 0) is 4.79 Å². The van der Waals surface area contributed by atoms with Gasteiger partial charge in [0.25, 0.3) is 0 Å². The van der Waals surface area contributed by atoms with E-state index in [1.807, 2.05) is 7.05 Å². The first-order chi connectivity index (χ1) is 8.72. The third-order valence-corrected chi connectivity index (χ3v) is 4.99. The van der Waals surface area contributed by atoms with E-state index >= 15 is 0 Å². The highest BCUT2D eigenvalue weighted by Gasteiger charge is 2.31. The lowest BCUT2D eigenvalue weighted by Gasteiger charge is -2.33. The Hall–Kier alpha value is -0.570. The van der Waals surface area contributed by atoms with Crippen molar-refractivity contribution in [1.82, 2.24) is 4.90 Å². The van der Waals surface area contributed by atoms with E-state index in [1.54, 1.807) is 0 Å². The molecule has 3 nitrogen and oxygen atoms in total. The molecule has 0 heterocycles. The number of hydrogen-bond acceptors (Lipinski definition) is 2. The Morgan fingerprint density at radius 1 is 1.11 bits per heavy atom. The number of carbonyl (C=O) groups excluding carboxylic acids is 1. The van der Waals surface area contributed by atoms with Gasteiger partial charge in [-0.1, -0.05) is 12.8 Å². The fourth-order valence-electron chi connectivity index (χ4n) is 3.69. The van der Waals surface area contributed by atoms with Crippen LogP contribution in [0.1, 0.15) is 57.8 Å². The number of carbonyl (C=O) groups is 1. The van der Waals surface area contributed by atoms with E-state index in [-0.39, 0.29) is 0 Å². The van der Waals surface area contributed by atoms with Gasteiger partial charge in [-0.2, -0.15) is 0 Å². The number of rotatable bonds is 4. The normalized spacial score (nSPS) is 29.4. The lowest BCUT2D eigenvalue weighted by atomic mass is 9.80. The molecule has 2 aliphatic rings. The Kier molecular flexibility index (Phi) is 5.04. The van der Waals surface area contributed by atoms with Crippen molar-refractivity contribution < 1.29 is 4.79 Å². The van der Waals surface area contributed by atoms with Gasteiger partial charge in [-0.05, 0) is 57.4 Å². The highest BCUT2D eigenvalue weighted by atomic mass is 16.2. The highest BCUT2D eigenvalue weighted by Crippen LogP contribution is 2.33. The molecule has 0 spiro atoms. The molecule has 1 amide bonds. The average Bonchev–Trinajstić information content (AvgIpc) is 2.92. The van der Waals surface area contributed by atoms with Crippen LogP contribution >= 0.6 is 0 Å². The number of hydrogen-bond donors (Lipinski definition) is 1. The molecule has 104 valence electrons. The maximum Gasteiger partial charge on any atom is 0.225 e. The third-order valence-electron chi connectivity index (χ3n) is 4.99. The summed E-state index contributed by atoms with van der Waals surface area (Å²) in [4.78, 5) is 14.5. The van der Waals surface area contributed by atoms with Crippen molar-refractivity contribution in [2.24, 2.45) is 17.6 Å². The Labute approximate surface area is 111 Å². The zero-order valence-electron chi connectivity index (χ0n) is 11.7. The molecule has 2 saturated carbocycles.